The summed E-state index contributed by atoms with van der Waals surface area (Å²) in [7, 11) is 1.79. The van der Waals surface area contributed by atoms with Crippen LogP contribution < -0.4 is 10.6 Å². The Morgan fingerprint density at radius 2 is 2.00 bits per heavy atom. The zero-order valence-corrected chi connectivity index (χ0v) is 15.1. The summed E-state index contributed by atoms with van der Waals surface area (Å²) < 4.78 is 6.01. The minimum Gasteiger partial charge on any atom is -0.378 e. The summed E-state index contributed by atoms with van der Waals surface area (Å²) in [5.74, 6) is 0.120. The Kier molecular flexibility index (Phi) is 4.80. The third-order valence-corrected chi connectivity index (χ3v) is 6.31. The average Bonchev–Trinajstić information content (AvgIpc) is 3.22. The van der Waals surface area contributed by atoms with Gasteiger partial charge in [-0.25, -0.2) is 0 Å². The quantitative estimate of drug-likeness (QED) is 0.872. The van der Waals surface area contributed by atoms with Crippen LogP contribution in [0.3, 0.4) is 0 Å². The lowest BCUT2D eigenvalue weighted by Gasteiger charge is -2.40. The minimum absolute atomic E-state index is 0.00882. The third-order valence-electron chi connectivity index (χ3n) is 6.31. The van der Waals surface area contributed by atoms with Gasteiger partial charge in [0.15, 0.2) is 0 Å². The number of methoxy groups -OCH3 is 1. The fraction of sp³-hybridized carbons (Fsp3) is 0.650. The van der Waals surface area contributed by atoms with E-state index < -0.39 is 0 Å². The van der Waals surface area contributed by atoms with Crippen molar-refractivity contribution in [3.8, 4) is 0 Å². The van der Waals surface area contributed by atoms with Crippen LogP contribution in [0.25, 0.3) is 0 Å². The number of rotatable bonds is 4. The van der Waals surface area contributed by atoms with Gasteiger partial charge in [0.05, 0.1) is 18.7 Å². The van der Waals surface area contributed by atoms with Gasteiger partial charge in [0.1, 0.15) is 0 Å². The topological polar surface area (TPSA) is 53.6 Å². The van der Waals surface area contributed by atoms with E-state index in [4.69, 9.17) is 4.74 Å². The molecule has 2 N–H and O–H groups in total. The standard InChI is InChI=1S/C20H29N3O2/c1-25-19-18(22-17(24)14-23-12-4-5-13-23)15-6-2-3-7-16(15)20(19)8-10-21-11-9-20/h2-3,6-7,18-19,21H,4-5,8-14H2,1H3,(H,22,24)/t18-,19+/m1/s1. The van der Waals surface area contributed by atoms with Crippen molar-refractivity contribution in [2.24, 2.45) is 0 Å². The van der Waals surface area contributed by atoms with E-state index in [1.807, 2.05) is 0 Å². The van der Waals surface area contributed by atoms with Crippen LogP contribution in [0.2, 0.25) is 0 Å². The molecule has 2 atom stereocenters. The Morgan fingerprint density at radius 3 is 2.72 bits per heavy atom. The van der Waals surface area contributed by atoms with Gasteiger partial charge in [-0.05, 0) is 63.0 Å². The number of nitrogens with zero attached hydrogens (tertiary/aromatic N) is 1. The first-order valence-corrected chi connectivity index (χ1v) is 9.59. The first-order valence-electron chi connectivity index (χ1n) is 9.59. The van der Waals surface area contributed by atoms with Crippen molar-refractivity contribution in [1.82, 2.24) is 15.5 Å². The van der Waals surface area contributed by atoms with E-state index in [-0.39, 0.29) is 23.5 Å². The van der Waals surface area contributed by atoms with Gasteiger partial charge in [0.2, 0.25) is 5.91 Å². The molecular weight excluding hydrogens is 314 g/mol. The SMILES string of the molecule is CO[C@H]1[C@H](NC(=O)CN2CCCC2)c2ccccc2C12CCNCC2. The summed E-state index contributed by atoms with van der Waals surface area (Å²) in [6.07, 6.45) is 4.53. The molecule has 0 unspecified atom stereocenters. The number of piperidine rings is 1. The molecule has 2 saturated heterocycles. The highest BCUT2D eigenvalue weighted by Gasteiger charge is 2.53. The fourth-order valence-electron chi connectivity index (χ4n) is 5.16. The van der Waals surface area contributed by atoms with Crippen molar-refractivity contribution >= 4 is 5.91 Å². The molecule has 1 aliphatic carbocycles. The molecule has 136 valence electrons. The van der Waals surface area contributed by atoms with Crippen LogP contribution in [-0.4, -0.2) is 56.7 Å². The summed E-state index contributed by atoms with van der Waals surface area (Å²) in [6, 6.07) is 8.54. The highest BCUT2D eigenvalue weighted by atomic mass is 16.5. The van der Waals surface area contributed by atoms with Gasteiger partial charge in [-0.3, -0.25) is 9.69 Å². The van der Waals surface area contributed by atoms with Gasteiger partial charge < -0.3 is 15.4 Å². The van der Waals surface area contributed by atoms with Gasteiger partial charge in [-0.15, -0.1) is 0 Å². The van der Waals surface area contributed by atoms with E-state index in [0.717, 1.165) is 39.0 Å². The smallest absolute Gasteiger partial charge is 0.234 e. The number of hydrogen-bond acceptors (Lipinski definition) is 4. The van der Waals surface area contributed by atoms with Crippen molar-refractivity contribution < 1.29 is 9.53 Å². The lowest BCUT2D eigenvalue weighted by molar-refractivity contribution is -0.124. The maximum Gasteiger partial charge on any atom is 0.234 e. The molecule has 1 aromatic rings. The van der Waals surface area contributed by atoms with E-state index >= 15 is 0 Å². The Balaban J connectivity index is 1.59. The lowest BCUT2D eigenvalue weighted by Crippen LogP contribution is -2.50. The van der Waals surface area contributed by atoms with Gasteiger partial charge in [0, 0.05) is 12.5 Å². The van der Waals surface area contributed by atoms with E-state index in [9.17, 15) is 4.79 Å². The number of ether oxygens (including phenoxy) is 1. The Bertz CT molecular complexity index is 621. The van der Waals surface area contributed by atoms with Crippen molar-refractivity contribution in [3.05, 3.63) is 35.4 Å². The van der Waals surface area contributed by atoms with Gasteiger partial charge in [-0.1, -0.05) is 24.3 Å². The number of fused-ring (bicyclic) bond motifs is 2. The molecule has 1 aromatic carbocycles. The minimum atomic E-state index is -0.0468. The molecule has 5 heteroatoms. The normalized spacial score (nSPS) is 28.2. The fourth-order valence-corrected chi connectivity index (χ4v) is 5.16. The van der Waals surface area contributed by atoms with Crippen LogP contribution in [0.4, 0.5) is 0 Å². The zero-order valence-electron chi connectivity index (χ0n) is 15.1. The zero-order chi connectivity index (χ0) is 17.3. The summed E-state index contributed by atoms with van der Waals surface area (Å²) in [5.41, 5.74) is 2.63. The second kappa shape index (κ2) is 7.06. The van der Waals surface area contributed by atoms with Crippen LogP contribution in [0.5, 0.6) is 0 Å². The summed E-state index contributed by atoms with van der Waals surface area (Å²) in [6.45, 7) is 4.59. The monoisotopic (exact) mass is 343 g/mol. The Hall–Kier alpha value is -1.43. The highest BCUT2D eigenvalue weighted by molar-refractivity contribution is 5.79. The predicted molar refractivity (Wildman–Crippen MR) is 97.6 cm³/mol. The van der Waals surface area contributed by atoms with Gasteiger partial charge in [0.25, 0.3) is 0 Å². The number of benzene rings is 1. The molecule has 1 amide bonds. The van der Waals surface area contributed by atoms with Crippen molar-refractivity contribution in [1.29, 1.82) is 0 Å². The van der Waals surface area contributed by atoms with E-state index in [0.29, 0.717) is 6.54 Å². The molecule has 0 radical (unpaired) electrons. The summed E-state index contributed by atoms with van der Waals surface area (Å²) in [4.78, 5) is 14.9. The molecule has 2 fully saturated rings. The Morgan fingerprint density at radius 1 is 1.28 bits per heavy atom. The number of hydrogen-bond donors (Lipinski definition) is 2. The Labute approximate surface area is 150 Å². The summed E-state index contributed by atoms with van der Waals surface area (Å²) >= 11 is 0. The largest absolute Gasteiger partial charge is 0.378 e. The molecule has 4 rings (SSSR count). The van der Waals surface area contributed by atoms with Crippen LogP contribution in [0, 0.1) is 0 Å². The van der Waals surface area contributed by atoms with Crippen molar-refractivity contribution in [3.63, 3.8) is 0 Å². The number of amides is 1. The van der Waals surface area contributed by atoms with E-state index in [1.54, 1.807) is 7.11 Å². The molecule has 1 spiro atoms. The molecule has 0 saturated carbocycles. The van der Waals surface area contributed by atoms with E-state index in [1.165, 1.54) is 24.0 Å². The molecule has 2 heterocycles. The number of likely N-dealkylation sites (tertiary alicyclic amines) is 1. The number of nitrogens with one attached hydrogen (secondary N) is 2. The summed E-state index contributed by atoms with van der Waals surface area (Å²) in [5, 5.41) is 6.77. The van der Waals surface area contributed by atoms with Crippen LogP contribution in [-0.2, 0) is 14.9 Å². The van der Waals surface area contributed by atoms with Crippen LogP contribution >= 0.6 is 0 Å². The van der Waals surface area contributed by atoms with Gasteiger partial charge >= 0.3 is 0 Å². The molecule has 3 aliphatic rings. The second-order valence-electron chi connectivity index (χ2n) is 7.68. The molecule has 0 aromatic heterocycles. The first-order chi connectivity index (χ1) is 12.2. The molecule has 0 bridgehead atoms. The average molecular weight is 343 g/mol. The number of carbonyl (C=O) groups is 1. The van der Waals surface area contributed by atoms with Gasteiger partial charge in [-0.2, -0.15) is 0 Å². The molecule has 2 aliphatic heterocycles. The maximum atomic E-state index is 12.7. The molecular formula is C20H29N3O2. The predicted octanol–water partition coefficient (Wildman–Crippen LogP) is 1.59. The first kappa shape index (κ1) is 17.0. The second-order valence-corrected chi connectivity index (χ2v) is 7.68. The molecule has 5 nitrogen and oxygen atoms in total. The lowest BCUT2D eigenvalue weighted by atomic mass is 9.72. The van der Waals surface area contributed by atoms with Crippen molar-refractivity contribution in [2.45, 2.75) is 43.2 Å². The number of carbonyl (C=O) groups excluding carboxylic acids is 1. The molecule has 25 heavy (non-hydrogen) atoms. The maximum absolute atomic E-state index is 12.7. The van der Waals surface area contributed by atoms with Crippen LogP contribution in [0.15, 0.2) is 24.3 Å². The highest BCUT2D eigenvalue weighted by Crippen LogP contribution is 2.51. The van der Waals surface area contributed by atoms with Crippen molar-refractivity contribution in [2.75, 3.05) is 39.8 Å². The van der Waals surface area contributed by atoms with Crippen LogP contribution in [0.1, 0.15) is 42.9 Å². The third kappa shape index (κ3) is 2.98. The van der Waals surface area contributed by atoms with E-state index in [2.05, 4.69) is 39.8 Å².